The zero-order valence-corrected chi connectivity index (χ0v) is 11.6. The van der Waals surface area contributed by atoms with Crippen molar-refractivity contribution in [1.29, 1.82) is 0 Å². The van der Waals surface area contributed by atoms with E-state index in [0.717, 1.165) is 15.4 Å². The van der Waals surface area contributed by atoms with Crippen LogP contribution in [0.3, 0.4) is 0 Å². The van der Waals surface area contributed by atoms with Gasteiger partial charge < -0.3 is 11.1 Å². The van der Waals surface area contributed by atoms with Crippen LogP contribution in [-0.2, 0) is 6.54 Å². The highest BCUT2D eigenvalue weighted by molar-refractivity contribution is 9.10. The molecule has 1 aromatic carbocycles. The molecular formula is C12H10BrFN2OS. The molecule has 0 atom stereocenters. The molecule has 0 saturated carbocycles. The van der Waals surface area contributed by atoms with E-state index >= 15 is 0 Å². The molecule has 0 aliphatic heterocycles. The summed E-state index contributed by atoms with van der Waals surface area (Å²) in [7, 11) is 0. The molecule has 2 aromatic rings. The van der Waals surface area contributed by atoms with Gasteiger partial charge in [-0.25, -0.2) is 4.39 Å². The van der Waals surface area contributed by atoms with Crippen LogP contribution in [0.5, 0.6) is 0 Å². The molecule has 0 aliphatic rings. The normalized spacial score (nSPS) is 10.3. The summed E-state index contributed by atoms with van der Waals surface area (Å²) >= 11 is 4.92. The van der Waals surface area contributed by atoms with Gasteiger partial charge in [0, 0.05) is 15.0 Å². The first-order valence-corrected chi connectivity index (χ1v) is 6.80. The summed E-state index contributed by atoms with van der Waals surface area (Å²) in [5.41, 5.74) is 6.01. The van der Waals surface area contributed by atoms with Gasteiger partial charge in [0.25, 0.3) is 5.91 Å². The second kappa shape index (κ2) is 5.49. The molecule has 0 spiro atoms. The number of carbonyl (C=O) groups excluding carboxylic acids is 1. The minimum atomic E-state index is -0.454. The summed E-state index contributed by atoms with van der Waals surface area (Å²) in [5, 5.41) is 4.67. The van der Waals surface area contributed by atoms with Crippen molar-refractivity contribution < 1.29 is 9.18 Å². The van der Waals surface area contributed by atoms with E-state index in [-0.39, 0.29) is 17.2 Å². The predicted molar refractivity (Wildman–Crippen MR) is 74.0 cm³/mol. The molecule has 0 aliphatic carbocycles. The second-order valence-corrected chi connectivity index (χ2v) is 5.46. The first-order chi connectivity index (χ1) is 8.58. The Morgan fingerprint density at radius 1 is 1.44 bits per heavy atom. The molecule has 18 heavy (non-hydrogen) atoms. The number of thiophene rings is 1. The van der Waals surface area contributed by atoms with Gasteiger partial charge in [0.15, 0.2) is 0 Å². The van der Waals surface area contributed by atoms with Crippen molar-refractivity contribution in [2.45, 2.75) is 6.54 Å². The van der Waals surface area contributed by atoms with E-state index in [0.29, 0.717) is 6.54 Å². The Bertz CT molecular complexity index is 585. The molecule has 0 saturated heterocycles. The van der Waals surface area contributed by atoms with Crippen LogP contribution in [0.2, 0.25) is 0 Å². The fourth-order valence-electron chi connectivity index (χ4n) is 1.45. The third-order valence-electron chi connectivity index (χ3n) is 2.36. The van der Waals surface area contributed by atoms with Gasteiger partial charge in [0.2, 0.25) is 0 Å². The first-order valence-electron chi connectivity index (χ1n) is 5.13. The van der Waals surface area contributed by atoms with E-state index < -0.39 is 5.82 Å². The summed E-state index contributed by atoms with van der Waals surface area (Å²) < 4.78 is 13.8. The zero-order valence-electron chi connectivity index (χ0n) is 9.24. The molecular weight excluding hydrogens is 319 g/mol. The highest BCUT2D eigenvalue weighted by atomic mass is 79.9. The molecule has 94 valence electrons. The number of carbonyl (C=O) groups is 1. The number of rotatable bonds is 3. The van der Waals surface area contributed by atoms with Gasteiger partial charge in [-0.05, 0) is 45.6 Å². The minimum Gasteiger partial charge on any atom is -0.398 e. The van der Waals surface area contributed by atoms with Gasteiger partial charge in [-0.1, -0.05) is 0 Å². The first kappa shape index (κ1) is 13.0. The molecule has 3 nitrogen and oxygen atoms in total. The third-order valence-corrected chi connectivity index (χ3v) is 4.29. The van der Waals surface area contributed by atoms with Crippen molar-refractivity contribution in [1.82, 2.24) is 5.32 Å². The SMILES string of the molecule is Nc1cc(F)ccc1C(=O)NCc1sccc1Br. The standard InChI is InChI=1S/C12H10BrFN2OS/c13-9-3-4-18-11(9)6-16-12(17)8-2-1-7(14)5-10(8)15/h1-5H,6,15H2,(H,16,17). The van der Waals surface area contributed by atoms with Crippen molar-refractivity contribution in [2.24, 2.45) is 0 Å². The number of nitrogens with one attached hydrogen (secondary N) is 1. The average molecular weight is 329 g/mol. The third kappa shape index (κ3) is 2.88. The maximum atomic E-state index is 12.9. The molecule has 0 radical (unpaired) electrons. The number of hydrogen-bond donors (Lipinski definition) is 2. The molecule has 2 rings (SSSR count). The zero-order chi connectivity index (χ0) is 13.1. The van der Waals surface area contributed by atoms with Crippen molar-refractivity contribution in [3.05, 3.63) is 50.4 Å². The van der Waals surface area contributed by atoms with Crippen LogP contribution in [0.15, 0.2) is 34.1 Å². The monoisotopic (exact) mass is 328 g/mol. The van der Waals surface area contributed by atoms with Gasteiger partial charge in [-0.15, -0.1) is 11.3 Å². The lowest BCUT2D eigenvalue weighted by molar-refractivity contribution is 0.0952. The minimum absolute atomic E-state index is 0.137. The van der Waals surface area contributed by atoms with Gasteiger partial charge in [0.05, 0.1) is 12.1 Å². The molecule has 1 aromatic heterocycles. The van der Waals surface area contributed by atoms with Crippen molar-refractivity contribution >= 4 is 38.9 Å². The van der Waals surface area contributed by atoms with Gasteiger partial charge in [-0.3, -0.25) is 4.79 Å². The molecule has 1 amide bonds. The highest BCUT2D eigenvalue weighted by Crippen LogP contribution is 2.22. The van der Waals surface area contributed by atoms with Gasteiger partial charge in [-0.2, -0.15) is 0 Å². The predicted octanol–water partition coefficient (Wildman–Crippen LogP) is 3.16. The summed E-state index contributed by atoms with van der Waals surface area (Å²) in [6, 6.07) is 5.64. The van der Waals surface area contributed by atoms with Crippen molar-refractivity contribution in [3.8, 4) is 0 Å². The Morgan fingerprint density at radius 3 is 2.83 bits per heavy atom. The average Bonchev–Trinajstić information content (AvgIpc) is 2.72. The quantitative estimate of drug-likeness (QED) is 0.850. The number of benzene rings is 1. The van der Waals surface area contributed by atoms with E-state index in [4.69, 9.17) is 5.73 Å². The van der Waals surface area contributed by atoms with E-state index in [2.05, 4.69) is 21.2 Å². The van der Waals surface area contributed by atoms with Crippen LogP contribution in [0.1, 0.15) is 15.2 Å². The summed E-state index contributed by atoms with van der Waals surface area (Å²) in [6.45, 7) is 0.411. The van der Waals surface area contributed by atoms with E-state index in [1.807, 2.05) is 11.4 Å². The summed E-state index contributed by atoms with van der Waals surface area (Å²) in [6.07, 6.45) is 0. The topological polar surface area (TPSA) is 55.1 Å². The number of anilines is 1. The van der Waals surface area contributed by atoms with Crippen LogP contribution in [-0.4, -0.2) is 5.91 Å². The Labute approximate surface area is 116 Å². The highest BCUT2D eigenvalue weighted by Gasteiger charge is 2.11. The van der Waals surface area contributed by atoms with E-state index in [1.54, 1.807) is 11.3 Å². The maximum Gasteiger partial charge on any atom is 0.253 e. The van der Waals surface area contributed by atoms with Crippen molar-refractivity contribution in [3.63, 3.8) is 0 Å². The molecule has 3 N–H and O–H groups in total. The smallest absolute Gasteiger partial charge is 0.253 e. The number of amides is 1. The van der Waals surface area contributed by atoms with Gasteiger partial charge in [0.1, 0.15) is 5.82 Å². The number of nitrogens with two attached hydrogens (primary N) is 1. The largest absolute Gasteiger partial charge is 0.398 e. The molecule has 0 bridgehead atoms. The van der Waals surface area contributed by atoms with Crippen LogP contribution >= 0.6 is 27.3 Å². The number of nitrogen functional groups attached to an aromatic ring is 1. The van der Waals surface area contributed by atoms with Crippen LogP contribution in [0.25, 0.3) is 0 Å². The molecule has 0 unspecified atom stereocenters. The van der Waals surface area contributed by atoms with Crippen LogP contribution in [0, 0.1) is 5.82 Å². The maximum absolute atomic E-state index is 12.9. The van der Waals surface area contributed by atoms with Crippen LogP contribution in [0.4, 0.5) is 10.1 Å². The fourth-order valence-corrected chi connectivity index (χ4v) is 2.88. The number of hydrogen-bond acceptors (Lipinski definition) is 3. The lowest BCUT2D eigenvalue weighted by atomic mass is 10.1. The number of halogens is 2. The lowest BCUT2D eigenvalue weighted by Crippen LogP contribution is -2.23. The molecule has 0 fully saturated rings. The van der Waals surface area contributed by atoms with Crippen molar-refractivity contribution in [2.75, 3.05) is 5.73 Å². The Balaban J connectivity index is 2.06. The second-order valence-electron chi connectivity index (χ2n) is 3.61. The Hall–Kier alpha value is -1.40. The summed E-state index contributed by atoms with van der Waals surface area (Å²) in [5.74, 6) is -0.766. The fraction of sp³-hybridized carbons (Fsp3) is 0.0833. The van der Waals surface area contributed by atoms with Crippen LogP contribution < -0.4 is 11.1 Å². The van der Waals surface area contributed by atoms with Gasteiger partial charge >= 0.3 is 0 Å². The Morgan fingerprint density at radius 2 is 2.22 bits per heavy atom. The lowest BCUT2D eigenvalue weighted by Gasteiger charge is -2.07. The van der Waals surface area contributed by atoms with E-state index in [1.165, 1.54) is 12.1 Å². The molecule has 1 heterocycles. The summed E-state index contributed by atoms with van der Waals surface area (Å²) in [4.78, 5) is 12.9. The Kier molecular flexibility index (Phi) is 3.98. The molecule has 6 heteroatoms. The van der Waals surface area contributed by atoms with E-state index in [9.17, 15) is 9.18 Å².